The molecule has 2 heteroatoms. The summed E-state index contributed by atoms with van der Waals surface area (Å²) in [4.78, 5) is 0. The van der Waals surface area contributed by atoms with Gasteiger partial charge in [-0.2, -0.15) is 13.5 Å². The van der Waals surface area contributed by atoms with Gasteiger partial charge >= 0.3 is 0 Å². The maximum atomic E-state index is 5.28. The highest BCUT2D eigenvalue weighted by atomic mass is 35.5. The summed E-state index contributed by atoms with van der Waals surface area (Å²) in [7, 11) is 0. The van der Waals surface area contributed by atoms with Gasteiger partial charge in [-0.05, 0) is 6.42 Å². The summed E-state index contributed by atoms with van der Waals surface area (Å²) >= 11 is 5.28. The van der Waals surface area contributed by atoms with Crippen LogP contribution in [0.3, 0.4) is 0 Å². The zero-order valence-electron chi connectivity index (χ0n) is 4.08. The van der Waals surface area contributed by atoms with Crippen LogP contribution < -0.4 is 0 Å². The molecule has 0 radical (unpaired) electrons. The maximum Gasteiger partial charge on any atom is 0.0232 e. The Hall–Kier alpha value is 0.200. The van der Waals surface area contributed by atoms with E-state index < -0.39 is 0 Å². The molecule has 0 atom stereocenters. The predicted octanol–water partition coefficient (Wildman–Crippen LogP) is 1.75. The molecule has 42 valence electrons. The van der Waals surface area contributed by atoms with Crippen molar-refractivity contribution in [1.29, 1.82) is 0 Å². The molecule has 0 N–H and O–H groups in total. The van der Waals surface area contributed by atoms with Gasteiger partial charge in [0.05, 0.1) is 0 Å². The molecule has 0 amide bonds. The predicted molar refractivity (Wildman–Crippen MR) is 39.2 cm³/mol. The molecule has 0 unspecified atom stereocenters. The summed E-state index contributed by atoms with van der Waals surface area (Å²) in [5.41, 5.74) is 0. The summed E-state index contributed by atoms with van der Waals surface area (Å²) in [6.45, 7) is 0. The number of unbranched alkanes of at least 4 members (excludes halogenated alkanes) is 1. The van der Waals surface area contributed by atoms with Gasteiger partial charge in [0.2, 0.25) is 0 Å². The van der Waals surface area contributed by atoms with Crippen molar-refractivity contribution in [2.45, 2.75) is 12.8 Å². The fourth-order valence-electron chi connectivity index (χ4n) is 0.169. The zero-order valence-corrected chi connectivity index (χ0v) is 5.83. The van der Waals surface area contributed by atoms with Gasteiger partial charge in [-0.1, -0.05) is 0 Å². The van der Waals surface area contributed by atoms with Gasteiger partial charge in [0, 0.05) is 12.3 Å². The van der Waals surface area contributed by atoms with E-state index in [-0.39, 0.29) is 13.5 Å². The number of rotatable bonds is 2. The molecule has 0 heterocycles. The minimum atomic E-state index is 0. The first-order valence-corrected chi connectivity index (χ1v) is 2.44. The Morgan fingerprint density at radius 1 is 1.57 bits per heavy atom. The van der Waals surface area contributed by atoms with Crippen LogP contribution in [0, 0.1) is 12.3 Å². The quantitative estimate of drug-likeness (QED) is 0.308. The first-order valence-electron chi connectivity index (χ1n) is 1.91. The van der Waals surface area contributed by atoms with E-state index in [0.29, 0.717) is 5.88 Å². The molecule has 0 aliphatic heterocycles. The van der Waals surface area contributed by atoms with Crippen LogP contribution in [0.2, 0.25) is 0 Å². The molecular formula is C5H9ClS. The van der Waals surface area contributed by atoms with Crippen LogP contribution in [0.15, 0.2) is 0 Å². The fourth-order valence-corrected chi connectivity index (χ4v) is 0.303. The Balaban J connectivity index is 0. The van der Waals surface area contributed by atoms with Crippen LogP contribution in [0.1, 0.15) is 12.8 Å². The number of hydrogen-bond donors (Lipinski definition) is 0. The van der Waals surface area contributed by atoms with Crippen molar-refractivity contribution < 1.29 is 0 Å². The second-order valence-corrected chi connectivity index (χ2v) is 1.37. The molecule has 0 bridgehead atoms. The normalized spacial score (nSPS) is 6.29. The zero-order chi connectivity index (χ0) is 4.83. The summed E-state index contributed by atoms with van der Waals surface area (Å²) < 4.78 is 0. The molecule has 0 aromatic heterocycles. The Morgan fingerprint density at radius 3 is 2.29 bits per heavy atom. The van der Waals surface area contributed by atoms with E-state index in [9.17, 15) is 0 Å². The molecular weight excluding hydrogens is 128 g/mol. The molecule has 7 heavy (non-hydrogen) atoms. The fraction of sp³-hybridized carbons (Fsp3) is 0.600. The van der Waals surface area contributed by atoms with Gasteiger partial charge in [-0.15, -0.1) is 23.9 Å². The van der Waals surface area contributed by atoms with E-state index in [1.165, 1.54) is 0 Å². The molecule has 0 rings (SSSR count). The Kier molecular flexibility index (Phi) is 13.9. The monoisotopic (exact) mass is 136 g/mol. The Bertz CT molecular complexity index is 55.6. The van der Waals surface area contributed by atoms with Gasteiger partial charge in [0.1, 0.15) is 0 Å². The van der Waals surface area contributed by atoms with Crippen LogP contribution >= 0.6 is 25.1 Å². The van der Waals surface area contributed by atoms with E-state index in [0.717, 1.165) is 12.8 Å². The van der Waals surface area contributed by atoms with Crippen molar-refractivity contribution in [1.82, 2.24) is 0 Å². The smallest absolute Gasteiger partial charge is 0.0232 e. The molecule has 0 spiro atoms. The Morgan fingerprint density at radius 2 is 2.14 bits per heavy atom. The van der Waals surface area contributed by atoms with Gasteiger partial charge in [-0.3, -0.25) is 0 Å². The summed E-state index contributed by atoms with van der Waals surface area (Å²) in [6, 6.07) is 0. The van der Waals surface area contributed by atoms with Crippen LogP contribution in [-0.4, -0.2) is 5.88 Å². The Labute approximate surface area is 56.7 Å². The lowest BCUT2D eigenvalue weighted by Crippen LogP contribution is -1.68. The standard InChI is InChI=1S/C5H7Cl.H2S/c1-2-3-4-5-6;/h1H,3-5H2;1H2. The van der Waals surface area contributed by atoms with E-state index in [1.807, 2.05) is 0 Å². The van der Waals surface area contributed by atoms with E-state index in [2.05, 4.69) is 5.92 Å². The minimum absolute atomic E-state index is 0. The highest BCUT2D eigenvalue weighted by Crippen LogP contribution is 1.86. The lowest BCUT2D eigenvalue weighted by molar-refractivity contribution is 0.992. The van der Waals surface area contributed by atoms with E-state index >= 15 is 0 Å². The van der Waals surface area contributed by atoms with Crippen molar-refractivity contribution in [3.8, 4) is 12.3 Å². The van der Waals surface area contributed by atoms with Gasteiger partial charge in [-0.25, -0.2) is 0 Å². The average Bonchev–Trinajstić information content (AvgIpc) is 1.61. The first-order chi connectivity index (χ1) is 2.91. The third kappa shape index (κ3) is 10.7. The van der Waals surface area contributed by atoms with Crippen LogP contribution in [-0.2, 0) is 0 Å². The second kappa shape index (κ2) is 9.50. The molecule has 0 fully saturated rings. The van der Waals surface area contributed by atoms with Gasteiger partial charge < -0.3 is 0 Å². The lowest BCUT2D eigenvalue weighted by Gasteiger charge is -1.77. The van der Waals surface area contributed by atoms with E-state index in [1.54, 1.807) is 0 Å². The maximum absolute atomic E-state index is 5.28. The summed E-state index contributed by atoms with van der Waals surface area (Å²) in [5.74, 6) is 3.17. The molecule has 0 aromatic carbocycles. The van der Waals surface area contributed by atoms with Crippen LogP contribution in [0.5, 0.6) is 0 Å². The molecule has 0 aliphatic rings. The number of alkyl halides is 1. The minimum Gasteiger partial charge on any atom is -0.197 e. The lowest BCUT2D eigenvalue weighted by atomic mass is 10.4. The third-order valence-corrected chi connectivity index (χ3v) is 0.722. The third-order valence-electron chi connectivity index (χ3n) is 0.455. The molecule has 0 aromatic rings. The number of halogens is 1. The number of terminal acetylenes is 1. The molecule has 0 saturated heterocycles. The summed E-state index contributed by atoms with van der Waals surface area (Å²) in [6.07, 6.45) is 6.66. The van der Waals surface area contributed by atoms with Gasteiger partial charge in [0.15, 0.2) is 0 Å². The van der Waals surface area contributed by atoms with E-state index in [4.69, 9.17) is 18.0 Å². The molecule has 0 nitrogen and oxygen atoms in total. The van der Waals surface area contributed by atoms with Crippen LogP contribution in [0.4, 0.5) is 0 Å². The number of hydrogen-bond acceptors (Lipinski definition) is 0. The highest BCUT2D eigenvalue weighted by molar-refractivity contribution is 7.59. The van der Waals surface area contributed by atoms with Crippen LogP contribution in [0.25, 0.3) is 0 Å². The van der Waals surface area contributed by atoms with Crippen molar-refractivity contribution in [3.63, 3.8) is 0 Å². The SMILES string of the molecule is C#CCCCCl.S. The largest absolute Gasteiger partial charge is 0.197 e. The van der Waals surface area contributed by atoms with Crippen molar-refractivity contribution in [2.75, 3.05) is 5.88 Å². The van der Waals surface area contributed by atoms with Crippen molar-refractivity contribution in [3.05, 3.63) is 0 Å². The highest BCUT2D eigenvalue weighted by Gasteiger charge is 1.73. The summed E-state index contributed by atoms with van der Waals surface area (Å²) in [5, 5.41) is 0. The average molecular weight is 137 g/mol. The van der Waals surface area contributed by atoms with Crippen molar-refractivity contribution in [2.24, 2.45) is 0 Å². The first kappa shape index (κ1) is 10.2. The van der Waals surface area contributed by atoms with Gasteiger partial charge in [0.25, 0.3) is 0 Å². The second-order valence-electron chi connectivity index (χ2n) is 0.997. The molecule has 0 saturated carbocycles. The molecule has 0 aliphatic carbocycles. The topological polar surface area (TPSA) is 0 Å². The van der Waals surface area contributed by atoms with Crippen molar-refractivity contribution >= 4 is 25.1 Å².